The van der Waals surface area contributed by atoms with E-state index < -0.39 is 0 Å². The first-order valence-electron chi connectivity index (χ1n) is 13.9. The van der Waals surface area contributed by atoms with Crippen molar-refractivity contribution in [1.29, 1.82) is 5.26 Å². The molecule has 0 aliphatic rings. The molecule has 9 heteroatoms. The maximum atomic E-state index is 9.21. The van der Waals surface area contributed by atoms with Crippen LogP contribution in [-0.4, -0.2) is 20.2 Å². The Morgan fingerprint density at radius 2 is 1.11 bits per heavy atom. The van der Waals surface area contributed by atoms with Crippen molar-refractivity contribution >= 4 is 28.5 Å². The van der Waals surface area contributed by atoms with E-state index in [-0.39, 0.29) is 5.15 Å². The Bertz CT molecular complexity index is 2080. The van der Waals surface area contributed by atoms with Crippen molar-refractivity contribution < 1.29 is 9.47 Å². The van der Waals surface area contributed by atoms with Crippen LogP contribution < -0.4 is 15.2 Å². The number of fused-ring (bicyclic) bond motifs is 1. The van der Waals surface area contributed by atoms with Crippen LogP contribution in [0.1, 0.15) is 5.56 Å². The summed E-state index contributed by atoms with van der Waals surface area (Å²) in [6.45, 7) is 0. The molecule has 0 radical (unpaired) electrons. The number of nitrogens with zero attached hydrogens (tertiary/aromatic N) is 4. The highest BCUT2D eigenvalue weighted by Crippen LogP contribution is 2.32. The minimum Gasteiger partial charge on any atom is -0.457 e. The number of aromatic amines is 1. The molecule has 0 unspecified atom stereocenters. The van der Waals surface area contributed by atoms with E-state index in [0.29, 0.717) is 17.0 Å². The molecule has 0 aliphatic heterocycles. The Balaban J connectivity index is 0.000000159. The van der Waals surface area contributed by atoms with E-state index in [9.17, 15) is 5.26 Å². The third kappa shape index (κ3) is 6.75. The maximum Gasteiger partial charge on any atom is 0.183 e. The second-order valence-corrected chi connectivity index (χ2v) is 10.1. The minimum atomic E-state index is 0.213. The molecule has 3 aromatic heterocycles. The van der Waals surface area contributed by atoms with Gasteiger partial charge in [0.15, 0.2) is 5.65 Å². The van der Waals surface area contributed by atoms with Crippen molar-refractivity contribution in [1.82, 2.24) is 20.2 Å². The van der Waals surface area contributed by atoms with Crippen LogP contribution in [0.2, 0.25) is 5.15 Å². The zero-order valence-electron chi connectivity index (χ0n) is 23.8. The van der Waals surface area contributed by atoms with Gasteiger partial charge in [-0.05, 0) is 77.4 Å². The molecule has 0 spiro atoms. The molecule has 0 saturated carbocycles. The van der Waals surface area contributed by atoms with Crippen LogP contribution in [0, 0.1) is 11.3 Å². The summed E-state index contributed by atoms with van der Waals surface area (Å²) < 4.78 is 11.6. The van der Waals surface area contributed by atoms with Gasteiger partial charge in [0.2, 0.25) is 0 Å². The third-order valence-electron chi connectivity index (χ3n) is 6.79. The predicted octanol–water partition coefficient (Wildman–Crippen LogP) is 9.07. The van der Waals surface area contributed by atoms with Gasteiger partial charge >= 0.3 is 0 Å². The highest BCUT2D eigenvalue weighted by Gasteiger charge is 2.11. The zero-order chi connectivity index (χ0) is 31.0. The minimum absolute atomic E-state index is 0.213. The van der Waals surface area contributed by atoms with Crippen LogP contribution in [0.4, 0.5) is 5.82 Å². The number of anilines is 1. The first kappa shape index (κ1) is 28.9. The summed E-state index contributed by atoms with van der Waals surface area (Å²) in [5.74, 6) is 3.62. The van der Waals surface area contributed by atoms with Crippen molar-refractivity contribution in [2.45, 2.75) is 0 Å². The fourth-order valence-electron chi connectivity index (χ4n) is 4.65. The number of nitrogens with two attached hydrogens (primary N) is 1. The molecule has 8 nitrogen and oxygen atoms in total. The van der Waals surface area contributed by atoms with Crippen LogP contribution in [-0.2, 0) is 0 Å². The van der Waals surface area contributed by atoms with Gasteiger partial charge in [-0.25, -0.2) is 9.97 Å². The highest BCUT2D eigenvalue weighted by atomic mass is 35.5. The maximum absolute atomic E-state index is 9.21. The van der Waals surface area contributed by atoms with Crippen molar-refractivity contribution in [3.8, 4) is 51.3 Å². The monoisotopic (exact) mass is 608 g/mol. The van der Waals surface area contributed by atoms with E-state index in [4.69, 9.17) is 26.8 Å². The van der Waals surface area contributed by atoms with E-state index in [1.807, 2.05) is 115 Å². The molecule has 7 aromatic rings. The van der Waals surface area contributed by atoms with Gasteiger partial charge < -0.3 is 15.2 Å². The highest BCUT2D eigenvalue weighted by molar-refractivity contribution is 6.31. The largest absolute Gasteiger partial charge is 0.457 e. The fraction of sp³-hybridized carbons (Fsp3) is 0. The summed E-state index contributed by atoms with van der Waals surface area (Å²) in [7, 11) is 0. The third-order valence-corrected chi connectivity index (χ3v) is 7.07. The number of hydrogen-bond acceptors (Lipinski definition) is 7. The first-order valence-corrected chi connectivity index (χ1v) is 14.3. The Hall–Kier alpha value is -6.17. The van der Waals surface area contributed by atoms with Gasteiger partial charge in [-0.15, -0.1) is 0 Å². The molecule has 3 N–H and O–H groups in total. The van der Waals surface area contributed by atoms with Gasteiger partial charge in [-0.1, -0.05) is 72.3 Å². The van der Waals surface area contributed by atoms with Crippen molar-refractivity contribution in [2.75, 3.05) is 5.73 Å². The van der Waals surface area contributed by atoms with Crippen LogP contribution in [0.5, 0.6) is 23.0 Å². The van der Waals surface area contributed by atoms with E-state index in [1.165, 1.54) is 0 Å². The number of ether oxygens (including phenoxy) is 2. The molecular weight excluding hydrogens is 584 g/mol. The number of nitrogens with one attached hydrogen (secondary N) is 1. The standard InChI is InChI=1S/C18H11ClN2O.C18H14N4O/c19-18-17(12-20)16(10-11-21-18)13-6-8-15(9-7-13)22-14-4-2-1-3-5-14;19-17-16-15(10-11-20-18(16)22-21-17)12-6-8-14(9-7-12)23-13-4-2-1-3-5-13/h1-11H;1-11H,(H3,19,20,21,22). The second kappa shape index (κ2) is 13.4. The quantitative estimate of drug-likeness (QED) is 0.180. The number of para-hydroxylation sites is 2. The lowest BCUT2D eigenvalue weighted by Gasteiger charge is -2.08. The lowest BCUT2D eigenvalue weighted by Crippen LogP contribution is -1.89. The van der Waals surface area contributed by atoms with Crippen molar-refractivity contribution in [3.63, 3.8) is 0 Å². The summed E-state index contributed by atoms with van der Waals surface area (Å²) in [5.41, 5.74) is 10.6. The zero-order valence-corrected chi connectivity index (χ0v) is 24.5. The molecule has 4 aromatic carbocycles. The predicted molar refractivity (Wildman–Crippen MR) is 176 cm³/mol. The molecule has 0 bridgehead atoms. The van der Waals surface area contributed by atoms with Crippen LogP contribution in [0.15, 0.2) is 134 Å². The summed E-state index contributed by atoms with van der Waals surface area (Å²) in [4.78, 5) is 8.14. The number of benzene rings is 4. The SMILES string of the molecule is N#Cc1c(-c2ccc(Oc3ccccc3)cc2)ccnc1Cl.Nc1[nH]nc2nccc(-c3ccc(Oc4ccccc4)cc3)c12. The Morgan fingerprint density at radius 1 is 0.622 bits per heavy atom. The fourth-order valence-corrected chi connectivity index (χ4v) is 4.85. The molecule has 0 atom stereocenters. The molecule has 0 saturated heterocycles. The number of nitriles is 1. The van der Waals surface area contributed by atoms with Crippen molar-refractivity contribution in [2.24, 2.45) is 0 Å². The lowest BCUT2D eigenvalue weighted by molar-refractivity contribution is 0.482. The van der Waals surface area contributed by atoms with E-state index in [2.05, 4.69) is 26.2 Å². The number of hydrogen-bond donors (Lipinski definition) is 2. The summed E-state index contributed by atoms with van der Waals surface area (Å²) in [5, 5.41) is 17.1. The van der Waals surface area contributed by atoms with Gasteiger partial charge in [0.1, 0.15) is 40.0 Å². The molecule has 0 aliphatic carbocycles. The molecule has 0 fully saturated rings. The average molecular weight is 609 g/mol. The normalized spacial score (nSPS) is 10.4. The first-order chi connectivity index (χ1) is 22.1. The number of pyridine rings is 2. The molecule has 3 heterocycles. The van der Waals surface area contributed by atoms with Gasteiger partial charge in [0.05, 0.1) is 10.9 Å². The average Bonchev–Trinajstić information content (AvgIpc) is 3.47. The number of halogens is 1. The summed E-state index contributed by atoms with van der Waals surface area (Å²) in [6.07, 6.45) is 3.32. The van der Waals surface area contributed by atoms with E-state index in [1.54, 1.807) is 18.5 Å². The number of H-pyrrole nitrogens is 1. The van der Waals surface area contributed by atoms with Crippen molar-refractivity contribution in [3.05, 3.63) is 144 Å². The lowest BCUT2D eigenvalue weighted by atomic mass is 10.0. The molecule has 218 valence electrons. The van der Waals surface area contributed by atoms with Crippen LogP contribution >= 0.6 is 11.6 Å². The van der Waals surface area contributed by atoms with Crippen LogP contribution in [0.3, 0.4) is 0 Å². The summed E-state index contributed by atoms with van der Waals surface area (Å²) >= 11 is 5.96. The van der Waals surface area contributed by atoms with Gasteiger partial charge in [0, 0.05) is 18.0 Å². The van der Waals surface area contributed by atoms with Crippen LogP contribution in [0.25, 0.3) is 33.3 Å². The molecule has 7 rings (SSSR count). The van der Waals surface area contributed by atoms with Gasteiger partial charge in [0.25, 0.3) is 0 Å². The molecular formula is C36H25ClN6O2. The number of nitrogen functional groups attached to an aromatic ring is 1. The van der Waals surface area contributed by atoms with Gasteiger partial charge in [-0.3, -0.25) is 5.10 Å². The van der Waals surface area contributed by atoms with E-state index in [0.717, 1.165) is 50.6 Å². The Labute approximate surface area is 264 Å². The molecule has 45 heavy (non-hydrogen) atoms. The number of rotatable bonds is 6. The molecule has 0 amide bonds. The smallest absolute Gasteiger partial charge is 0.183 e. The van der Waals surface area contributed by atoms with E-state index >= 15 is 0 Å². The number of aromatic nitrogens is 4. The second-order valence-electron chi connectivity index (χ2n) is 9.71. The summed E-state index contributed by atoms with van der Waals surface area (Å²) in [6, 6.07) is 40.4. The topological polar surface area (TPSA) is 123 Å². The Morgan fingerprint density at radius 3 is 1.67 bits per heavy atom. The Kier molecular flexibility index (Phi) is 8.63. The van der Waals surface area contributed by atoms with Gasteiger partial charge in [-0.2, -0.15) is 10.4 Å².